The average molecular weight is 250 g/mol. The second kappa shape index (κ2) is 5.96. The van der Waals surface area contributed by atoms with Crippen LogP contribution < -0.4 is 5.32 Å². The highest BCUT2D eigenvalue weighted by atomic mass is 16.6. The van der Waals surface area contributed by atoms with E-state index in [2.05, 4.69) is 10.3 Å². The molecular formula is C14H22N2O2. The van der Waals surface area contributed by atoms with E-state index in [0.29, 0.717) is 6.54 Å². The molecular weight excluding hydrogens is 228 g/mol. The molecule has 1 atom stereocenters. The van der Waals surface area contributed by atoms with E-state index in [4.69, 9.17) is 4.74 Å². The Bertz CT molecular complexity index is 411. The number of pyridine rings is 1. The first-order chi connectivity index (χ1) is 8.28. The van der Waals surface area contributed by atoms with Crippen LogP contribution in [0.4, 0.5) is 0 Å². The Morgan fingerprint density at radius 2 is 2.11 bits per heavy atom. The van der Waals surface area contributed by atoms with Crippen molar-refractivity contribution in [2.45, 2.75) is 52.8 Å². The zero-order valence-electron chi connectivity index (χ0n) is 11.8. The van der Waals surface area contributed by atoms with Crippen molar-refractivity contribution in [3.05, 3.63) is 29.6 Å². The Labute approximate surface area is 109 Å². The quantitative estimate of drug-likeness (QED) is 0.832. The van der Waals surface area contributed by atoms with Crippen molar-refractivity contribution in [1.29, 1.82) is 0 Å². The molecule has 100 valence electrons. The molecule has 4 heteroatoms. The molecule has 0 amide bonds. The van der Waals surface area contributed by atoms with E-state index in [0.717, 1.165) is 11.4 Å². The summed E-state index contributed by atoms with van der Waals surface area (Å²) in [5.41, 5.74) is 1.44. The Balaban J connectivity index is 2.46. The van der Waals surface area contributed by atoms with Crippen molar-refractivity contribution in [2.24, 2.45) is 0 Å². The zero-order valence-corrected chi connectivity index (χ0v) is 11.8. The van der Waals surface area contributed by atoms with E-state index in [1.54, 1.807) is 6.92 Å². The third-order valence-corrected chi connectivity index (χ3v) is 2.30. The van der Waals surface area contributed by atoms with Gasteiger partial charge in [-0.1, -0.05) is 6.07 Å². The van der Waals surface area contributed by atoms with Gasteiger partial charge >= 0.3 is 5.97 Å². The van der Waals surface area contributed by atoms with E-state index in [9.17, 15) is 4.79 Å². The van der Waals surface area contributed by atoms with Crippen LogP contribution >= 0.6 is 0 Å². The topological polar surface area (TPSA) is 51.2 Å². The fraction of sp³-hybridized carbons (Fsp3) is 0.571. The van der Waals surface area contributed by atoms with Gasteiger partial charge in [0.15, 0.2) is 0 Å². The number of nitrogens with zero attached hydrogens (tertiary/aromatic N) is 1. The van der Waals surface area contributed by atoms with Crippen LogP contribution in [0.3, 0.4) is 0 Å². The summed E-state index contributed by atoms with van der Waals surface area (Å²) in [7, 11) is 0. The first-order valence-electron chi connectivity index (χ1n) is 6.17. The molecule has 1 aromatic rings. The SMILES string of the molecule is Cc1cccc(CNC(C)C(=O)OC(C)(C)C)n1. The molecule has 0 spiro atoms. The number of ether oxygens (including phenoxy) is 1. The standard InChI is InChI=1S/C14H22N2O2/c1-10-7-6-8-12(16-10)9-15-11(2)13(17)18-14(3,4)5/h6-8,11,15H,9H2,1-5H3. The van der Waals surface area contributed by atoms with Crippen LogP contribution in [0.1, 0.15) is 39.1 Å². The molecule has 1 unspecified atom stereocenters. The highest BCUT2D eigenvalue weighted by molar-refractivity contribution is 5.75. The number of hydrogen-bond donors (Lipinski definition) is 1. The molecule has 0 saturated carbocycles. The predicted octanol–water partition coefficient (Wildman–Crippen LogP) is 2.21. The third kappa shape index (κ3) is 5.27. The maximum absolute atomic E-state index is 11.7. The van der Waals surface area contributed by atoms with E-state index < -0.39 is 5.60 Å². The first kappa shape index (κ1) is 14.6. The molecule has 0 aromatic carbocycles. The lowest BCUT2D eigenvalue weighted by molar-refractivity contribution is -0.157. The number of aromatic nitrogens is 1. The van der Waals surface area contributed by atoms with E-state index >= 15 is 0 Å². The van der Waals surface area contributed by atoms with Crippen molar-refractivity contribution in [3.63, 3.8) is 0 Å². The van der Waals surface area contributed by atoms with Crippen molar-refractivity contribution in [3.8, 4) is 0 Å². The average Bonchev–Trinajstić information content (AvgIpc) is 2.23. The molecule has 0 aliphatic rings. The highest BCUT2D eigenvalue weighted by Crippen LogP contribution is 2.08. The van der Waals surface area contributed by atoms with E-state index in [-0.39, 0.29) is 12.0 Å². The summed E-state index contributed by atoms with van der Waals surface area (Å²) in [6.45, 7) is 9.88. The maximum Gasteiger partial charge on any atom is 0.323 e. The molecule has 0 fully saturated rings. The Morgan fingerprint density at radius 1 is 1.44 bits per heavy atom. The Morgan fingerprint density at radius 3 is 2.67 bits per heavy atom. The summed E-state index contributed by atoms with van der Waals surface area (Å²) in [5, 5.41) is 3.11. The minimum atomic E-state index is -0.450. The van der Waals surface area contributed by atoms with Crippen LogP contribution in [-0.4, -0.2) is 22.6 Å². The Kier molecular flexibility index (Phi) is 4.84. The summed E-state index contributed by atoms with van der Waals surface area (Å²) < 4.78 is 5.29. The van der Waals surface area contributed by atoms with Crippen molar-refractivity contribution < 1.29 is 9.53 Å². The summed E-state index contributed by atoms with van der Waals surface area (Å²) in [5.74, 6) is -0.241. The number of carbonyl (C=O) groups excluding carboxylic acids is 1. The van der Waals surface area contributed by atoms with Crippen LogP contribution in [0.15, 0.2) is 18.2 Å². The van der Waals surface area contributed by atoms with Crippen LogP contribution in [0.25, 0.3) is 0 Å². The number of aryl methyl sites for hydroxylation is 1. The maximum atomic E-state index is 11.7. The lowest BCUT2D eigenvalue weighted by Gasteiger charge is -2.22. The molecule has 0 aliphatic carbocycles. The number of esters is 1. The van der Waals surface area contributed by atoms with Crippen molar-refractivity contribution >= 4 is 5.97 Å². The Hall–Kier alpha value is -1.42. The zero-order chi connectivity index (χ0) is 13.8. The van der Waals surface area contributed by atoms with Crippen LogP contribution in [0, 0.1) is 6.92 Å². The van der Waals surface area contributed by atoms with Crippen LogP contribution in [0.5, 0.6) is 0 Å². The molecule has 0 radical (unpaired) electrons. The minimum absolute atomic E-state index is 0.241. The van der Waals surface area contributed by atoms with Crippen molar-refractivity contribution in [1.82, 2.24) is 10.3 Å². The van der Waals surface area contributed by atoms with E-state index in [1.165, 1.54) is 0 Å². The van der Waals surface area contributed by atoms with Gasteiger partial charge in [-0.25, -0.2) is 0 Å². The molecule has 1 aromatic heterocycles. The summed E-state index contributed by atoms with van der Waals surface area (Å²) in [4.78, 5) is 16.1. The normalized spacial score (nSPS) is 13.2. The van der Waals surface area contributed by atoms with Gasteiger partial charge in [0, 0.05) is 12.2 Å². The van der Waals surface area contributed by atoms with E-state index in [1.807, 2.05) is 45.9 Å². The fourth-order valence-electron chi connectivity index (χ4n) is 1.43. The molecule has 1 N–H and O–H groups in total. The van der Waals surface area contributed by atoms with Gasteiger partial charge in [0.2, 0.25) is 0 Å². The van der Waals surface area contributed by atoms with Crippen LogP contribution in [0.2, 0.25) is 0 Å². The number of carbonyl (C=O) groups is 1. The number of hydrogen-bond acceptors (Lipinski definition) is 4. The number of rotatable bonds is 4. The second-order valence-corrected chi connectivity index (χ2v) is 5.41. The van der Waals surface area contributed by atoms with Gasteiger partial charge in [-0.15, -0.1) is 0 Å². The van der Waals surface area contributed by atoms with Gasteiger partial charge in [0.25, 0.3) is 0 Å². The lowest BCUT2D eigenvalue weighted by Crippen LogP contribution is -2.39. The highest BCUT2D eigenvalue weighted by Gasteiger charge is 2.21. The molecule has 1 rings (SSSR count). The summed E-state index contributed by atoms with van der Waals surface area (Å²) >= 11 is 0. The van der Waals surface area contributed by atoms with Gasteiger partial charge in [0.1, 0.15) is 11.6 Å². The molecule has 0 saturated heterocycles. The molecule has 4 nitrogen and oxygen atoms in total. The van der Waals surface area contributed by atoms with Crippen molar-refractivity contribution in [2.75, 3.05) is 0 Å². The minimum Gasteiger partial charge on any atom is -0.459 e. The number of nitrogens with one attached hydrogen (secondary N) is 1. The second-order valence-electron chi connectivity index (χ2n) is 5.41. The molecule has 0 bridgehead atoms. The predicted molar refractivity (Wildman–Crippen MR) is 71.1 cm³/mol. The van der Waals surface area contributed by atoms with Gasteiger partial charge < -0.3 is 4.74 Å². The summed E-state index contributed by atoms with van der Waals surface area (Å²) in [6.07, 6.45) is 0. The first-order valence-corrected chi connectivity index (χ1v) is 6.17. The molecule has 0 aliphatic heterocycles. The third-order valence-electron chi connectivity index (χ3n) is 2.30. The van der Waals surface area contributed by atoms with Gasteiger partial charge in [-0.2, -0.15) is 0 Å². The van der Waals surface area contributed by atoms with Crippen LogP contribution in [-0.2, 0) is 16.1 Å². The smallest absolute Gasteiger partial charge is 0.323 e. The summed E-state index contributed by atoms with van der Waals surface area (Å²) in [6, 6.07) is 5.49. The molecule has 18 heavy (non-hydrogen) atoms. The van der Waals surface area contributed by atoms with Gasteiger partial charge in [-0.05, 0) is 46.8 Å². The monoisotopic (exact) mass is 250 g/mol. The van der Waals surface area contributed by atoms with Gasteiger partial charge in [-0.3, -0.25) is 15.1 Å². The lowest BCUT2D eigenvalue weighted by atomic mass is 10.2. The fourth-order valence-corrected chi connectivity index (χ4v) is 1.43. The van der Waals surface area contributed by atoms with Gasteiger partial charge in [0.05, 0.1) is 5.69 Å². The molecule has 1 heterocycles. The largest absolute Gasteiger partial charge is 0.459 e.